The molecule has 0 spiro atoms. The zero-order valence-electron chi connectivity index (χ0n) is 15.6. The number of carbonyl (C=O) groups excluding carboxylic acids is 3. The average Bonchev–Trinajstić information content (AvgIpc) is 2.99. The largest absolute Gasteiger partial charge is 0.494 e. The zero-order valence-corrected chi connectivity index (χ0v) is 17.1. The van der Waals surface area contributed by atoms with Crippen molar-refractivity contribution in [2.75, 3.05) is 17.3 Å². The molecule has 0 aliphatic carbocycles. The minimum Gasteiger partial charge on any atom is -0.494 e. The third kappa shape index (κ3) is 3.40. The van der Waals surface area contributed by atoms with Gasteiger partial charge in [-0.1, -0.05) is 35.3 Å². The fourth-order valence-corrected chi connectivity index (χ4v) is 3.85. The summed E-state index contributed by atoms with van der Waals surface area (Å²) >= 11 is 12.2. The molecule has 1 aliphatic heterocycles. The molecule has 3 aromatic rings. The second-order valence-electron chi connectivity index (χ2n) is 6.47. The number of ether oxygens (including phenoxy) is 1. The van der Waals surface area contributed by atoms with Crippen LogP contribution < -0.4 is 15.0 Å². The first-order valence-electron chi connectivity index (χ1n) is 8.83. The summed E-state index contributed by atoms with van der Waals surface area (Å²) in [5.41, 5.74) is 1.88. The Morgan fingerprint density at radius 2 is 1.43 bits per heavy atom. The number of fused-ring (bicyclic) bond motifs is 1. The molecule has 3 aromatic carbocycles. The molecule has 1 N–H and O–H groups in total. The summed E-state index contributed by atoms with van der Waals surface area (Å²) in [6.45, 7) is 0. The van der Waals surface area contributed by atoms with E-state index in [0.29, 0.717) is 28.3 Å². The van der Waals surface area contributed by atoms with Crippen molar-refractivity contribution >= 4 is 52.3 Å². The minimum absolute atomic E-state index is 0.219. The van der Waals surface area contributed by atoms with Crippen molar-refractivity contribution in [2.45, 2.75) is 0 Å². The number of rotatable bonds is 4. The molecule has 0 saturated heterocycles. The second-order valence-corrected chi connectivity index (χ2v) is 7.28. The van der Waals surface area contributed by atoms with Crippen molar-refractivity contribution in [1.82, 2.24) is 0 Å². The molecule has 150 valence electrons. The maximum Gasteiger partial charge on any atom is 0.266 e. The number of anilines is 2. The number of nitrogens with one attached hydrogen (secondary N) is 1. The number of methoxy groups -OCH3 is 1. The summed E-state index contributed by atoms with van der Waals surface area (Å²) in [7, 11) is 1.43. The zero-order chi connectivity index (χ0) is 21.4. The summed E-state index contributed by atoms with van der Waals surface area (Å²) < 4.78 is 5.08. The summed E-state index contributed by atoms with van der Waals surface area (Å²) in [4.78, 5) is 38.8. The van der Waals surface area contributed by atoms with Gasteiger partial charge in [0.1, 0.15) is 0 Å². The molecule has 0 fully saturated rings. The van der Waals surface area contributed by atoms with Crippen molar-refractivity contribution in [2.24, 2.45) is 0 Å². The predicted octanol–water partition coefficient (Wildman–Crippen LogP) is 5.05. The first-order chi connectivity index (χ1) is 14.4. The fourth-order valence-electron chi connectivity index (χ4n) is 3.21. The van der Waals surface area contributed by atoms with Crippen molar-refractivity contribution < 1.29 is 19.1 Å². The van der Waals surface area contributed by atoms with Crippen LogP contribution in [0.3, 0.4) is 0 Å². The number of hydrogen-bond acceptors (Lipinski definition) is 4. The molecule has 4 rings (SSSR count). The smallest absolute Gasteiger partial charge is 0.266 e. The lowest BCUT2D eigenvalue weighted by Gasteiger charge is -2.15. The van der Waals surface area contributed by atoms with E-state index in [0.717, 1.165) is 4.90 Å². The van der Waals surface area contributed by atoms with E-state index in [1.54, 1.807) is 48.5 Å². The van der Waals surface area contributed by atoms with E-state index in [9.17, 15) is 14.4 Å². The number of imide groups is 1. The first kappa shape index (κ1) is 19.9. The van der Waals surface area contributed by atoms with Crippen LogP contribution in [-0.2, 0) is 0 Å². The highest BCUT2D eigenvalue weighted by atomic mass is 35.5. The molecule has 0 saturated carbocycles. The third-order valence-electron chi connectivity index (χ3n) is 4.64. The summed E-state index contributed by atoms with van der Waals surface area (Å²) in [5, 5.41) is 3.16. The van der Waals surface area contributed by atoms with Crippen LogP contribution in [0.5, 0.6) is 5.75 Å². The van der Waals surface area contributed by atoms with E-state index in [-0.39, 0.29) is 27.4 Å². The number of halogens is 2. The van der Waals surface area contributed by atoms with E-state index < -0.39 is 5.91 Å². The quantitative estimate of drug-likeness (QED) is 0.575. The summed E-state index contributed by atoms with van der Waals surface area (Å²) in [6.07, 6.45) is 0. The van der Waals surface area contributed by atoms with Crippen LogP contribution in [0.25, 0.3) is 0 Å². The highest BCUT2D eigenvalue weighted by Crippen LogP contribution is 2.34. The molecule has 1 heterocycles. The number of carbonyl (C=O) groups is 3. The third-order valence-corrected chi connectivity index (χ3v) is 5.20. The lowest BCUT2D eigenvalue weighted by Crippen LogP contribution is -2.29. The topological polar surface area (TPSA) is 75.7 Å². The van der Waals surface area contributed by atoms with Crippen LogP contribution in [0.1, 0.15) is 31.1 Å². The van der Waals surface area contributed by atoms with Gasteiger partial charge in [0.15, 0.2) is 5.75 Å². The van der Waals surface area contributed by atoms with Gasteiger partial charge in [-0.25, -0.2) is 4.90 Å². The molecule has 6 nitrogen and oxygen atoms in total. The van der Waals surface area contributed by atoms with Crippen molar-refractivity contribution in [3.63, 3.8) is 0 Å². The molecule has 0 unspecified atom stereocenters. The van der Waals surface area contributed by atoms with Gasteiger partial charge in [0.05, 0.1) is 34.0 Å². The van der Waals surface area contributed by atoms with Gasteiger partial charge in [0, 0.05) is 11.3 Å². The van der Waals surface area contributed by atoms with Gasteiger partial charge < -0.3 is 10.1 Å². The van der Waals surface area contributed by atoms with Crippen LogP contribution in [0.4, 0.5) is 11.4 Å². The van der Waals surface area contributed by atoms with Crippen LogP contribution in [-0.4, -0.2) is 24.8 Å². The first-order valence-corrected chi connectivity index (χ1v) is 9.58. The second kappa shape index (κ2) is 7.82. The van der Waals surface area contributed by atoms with E-state index >= 15 is 0 Å². The van der Waals surface area contributed by atoms with Crippen molar-refractivity contribution in [3.8, 4) is 5.75 Å². The maximum atomic E-state index is 12.6. The van der Waals surface area contributed by atoms with Gasteiger partial charge in [0.2, 0.25) is 0 Å². The van der Waals surface area contributed by atoms with Crippen molar-refractivity contribution in [3.05, 3.63) is 87.4 Å². The lowest BCUT2D eigenvalue weighted by molar-refractivity contribution is 0.0924. The van der Waals surface area contributed by atoms with Crippen LogP contribution in [0.2, 0.25) is 10.0 Å². The van der Waals surface area contributed by atoms with Gasteiger partial charge in [-0.3, -0.25) is 14.4 Å². The Hall–Kier alpha value is -3.35. The van der Waals surface area contributed by atoms with E-state index in [4.69, 9.17) is 27.9 Å². The Balaban J connectivity index is 1.53. The van der Waals surface area contributed by atoms with Gasteiger partial charge in [-0.05, 0) is 48.5 Å². The molecule has 0 atom stereocenters. The minimum atomic E-state index is -0.421. The van der Waals surface area contributed by atoms with Gasteiger partial charge >= 0.3 is 0 Å². The molecule has 0 radical (unpaired) electrons. The maximum absolute atomic E-state index is 12.6. The molecule has 8 heteroatoms. The standard InChI is InChI=1S/C22H14Cl2N2O4/c1-30-19-17(23)10-12(11-18(19)24)20(27)25-13-6-8-14(9-7-13)26-21(28)15-4-2-3-5-16(15)22(26)29/h2-11H,1H3,(H,25,27). The fraction of sp³-hybridized carbons (Fsp3) is 0.0455. The van der Waals surface area contributed by atoms with Crippen molar-refractivity contribution in [1.29, 1.82) is 0 Å². The highest BCUT2D eigenvalue weighted by molar-refractivity contribution is 6.38. The Labute approximate surface area is 182 Å². The van der Waals surface area contributed by atoms with Crippen LogP contribution >= 0.6 is 23.2 Å². The Bertz CT molecular complexity index is 1130. The Morgan fingerprint density at radius 1 is 0.900 bits per heavy atom. The van der Waals surface area contributed by atoms with Crippen LogP contribution in [0.15, 0.2) is 60.7 Å². The summed E-state index contributed by atoms with van der Waals surface area (Å²) in [5.74, 6) is -0.889. The monoisotopic (exact) mass is 440 g/mol. The van der Waals surface area contributed by atoms with E-state index in [2.05, 4.69) is 5.32 Å². The number of amides is 3. The molecule has 30 heavy (non-hydrogen) atoms. The number of benzene rings is 3. The molecular weight excluding hydrogens is 427 g/mol. The number of nitrogens with zero attached hydrogens (tertiary/aromatic N) is 1. The van der Waals surface area contributed by atoms with E-state index in [1.807, 2.05) is 0 Å². The van der Waals surface area contributed by atoms with Gasteiger partial charge in [-0.2, -0.15) is 0 Å². The number of hydrogen-bond donors (Lipinski definition) is 1. The van der Waals surface area contributed by atoms with Crippen LogP contribution in [0, 0.1) is 0 Å². The SMILES string of the molecule is COc1c(Cl)cc(C(=O)Nc2ccc(N3C(=O)c4ccccc4C3=O)cc2)cc1Cl. The molecule has 0 aromatic heterocycles. The normalized spacial score (nSPS) is 12.7. The summed E-state index contributed by atoms with van der Waals surface area (Å²) in [6, 6.07) is 15.9. The Kier molecular flexibility index (Phi) is 5.20. The van der Waals surface area contributed by atoms with E-state index in [1.165, 1.54) is 19.2 Å². The lowest BCUT2D eigenvalue weighted by atomic mass is 10.1. The molecule has 3 amide bonds. The molecule has 1 aliphatic rings. The molecule has 0 bridgehead atoms. The predicted molar refractivity (Wildman–Crippen MR) is 115 cm³/mol. The van der Waals surface area contributed by atoms with Gasteiger partial charge in [-0.15, -0.1) is 0 Å². The Morgan fingerprint density at radius 3 is 1.93 bits per heavy atom. The molecular formula is C22H14Cl2N2O4. The van der Waals surface area contributed by atoms with Gasteiger partial charge in [0.25, 0.3) is 17.7 Å². The average molecular weight is 441 g/mol. The highest BCUT2D eigenvalue weighted by Gasteiger charge is 2.36.